The Bertz CT molecular complexity index is 1180. The molecule has 2 aliphatic rings. The minimum Gasteiger partial charge on any atom is -0.339 e. The van der Waals surface area contributed by atoms with Crippen molar-refractivity contribution >= 4 is 35.0 Å². The molecule has 4 rings (SSSR count). The maximum Gasteiger partial charge on any atom is 0.269 e. The number of aromatic nitrogens is 2. The predicted molar refractivity (Wildman–Crippen MR) is 123 cm³/mol. The molecular weight excluding hydrogens is 428 g/mol. The van der Waals surface area contributed by atoms with E-state index in [2.05, 4.69) is 32.4 Å². The summed E-state index contributed by atoms with van der Waals surface area (Å²) in [5, 5.41) is 16.3. The number of amides is 2. The standard InChI is InChI=1S/C22H26N6O5/c1-3-13-6-4-5-9-27(13)22-25-19-18(21(31)26-22)15(11-17(29)24-19)20(30)23-16-8-7-14(28(32)33)10-12(16)2/h7-8,10,13,15H,3-6,9,11H2,1-2H3,(H,23,30)(H2,24,25,26,29,31)/t13-,15-/m1/s1. The second kappa shape index (κ2) is 9.00. The van der Waals surface area contributed by atoms with E-state index in [1.807, 2.05) is 0 Å². The highest BCUT2D eigenvalue weighted by Crippen LogP contribution is 2.32. The van der Waals surface area contributed by atoms with Gasteiger partial charge in [0.25, 0.3) is 11.2 Å². The van der Waals surface area contributed by atoms with Crippen molar-refractivity contribution in [1.29, 1.82) is 0 Å². The molecule has 33 heavy (non-hydrogen) atoms. The van der Waals surface area contributed by atoms with E-state index in [1.54, 1.807) is 6.92 Å². The summed E-state index contributed by atoms with van der Waals surface area (Å²) in [6.07, 6.45) is 3.82. The van der Waals surface area contributed by atoms with E-state index in [9.17, 15) is 24.5 Å². The number of non-ortho nitro benzene ring substituents is 1. The first kappa shape index (κ1) is 22.4. The molecule has 0 spiro atoms. The zero-order chi connectivity index (χ0) is 23.7. The van der Waals surface area contributed by atoms with Crippen LogP contribution in [0.4, 0.5) is 23.1 Å². The van der Waals surface area contributed by atoms with Gasteiger partial charge in [-0.25, -0.2) is 0 Å². The van der Waals surface area contributed by atoms with Gasteiger partial charge in [0.15, 0.2) is 0 Å². The van der Waals surface area contributed by atoms with Gasteiger partial charge in [-0.2, -0.15) is 4.98 Å². The normalized spacial score (nSPS) is 20.1. The Hall–Kier alpha value is -3.76. The summed E-state index contributed by atoms with van der Waals surface area (Å²) in [5.74, 6) is -1.48. The number of nitrogens with one attached hydrogen (secondary N) is 3. The van der Waals surface area contributed by atoms with Gasteiger partial charge in [0.2, 0.25) is 17.8 Å². The summed E-state index contributed by atoms with van der Waals surface area (Å²) in [6.45, 7) is 4.48. The Morgan fingerprint density at radius 2 is 2.12 bits per heavy atom. The molecule has 0 bridgehead atoms. The Kier molecular flexibility index (Phi) is 6.12. The fraction of sp³-hybridized carbons (Fsp3) is 0.455. The first-order chi connectivity index (χ1) is 15.8. The number of H-pyrrole nitrogens is 1. The van der Waals surface area contributed by atoms with Crippen LogP contribution in [0.15, 0.2) is 23.0 Å². The first-order valence-electron chi connectivity index (χ1n) is 11.0. The lowest BCUT2D eigenvalue weighted by Crippen LogP contribution is -2.43. The minimum absolute atomic E-state index is 0.0934. The van der Waals surface area contributed by atoms with E-state index in [0.717, 1.165) is 32.2 Å². The van der Waals surface area contributed by atoms with Crippen LogP contribution in [0, 0.1) is 17.0 Å². The van der Waals surface area contributed by atoms with E-state index < -0.39 is 28.2 Å². The molecule has 2 amide bonds. The van der Waals surface area contributed by atoms with Crippen LogP contribution in [-0.2, 0) is 9.59 Å². The second-order valence-electron chi connectivity index (χ2n) is 8.45. The molecule has 174 valence electrons. The number of anilines is 3. The molecular formula is C22H26N6O5. The van der Waals surface area contributed by atoms with Gasteiger partial charge in [0, 0.05) is 36.8 Å². The first-order valence-corrected chi connectivity index (χ1v) is 11.0. The lowest BCUT2D eigenvalue weighted by atomic mass is 9.92. The average Bonchev–Trinajstić information content (AvgIpc) is 2.79. The zero-order valence-electron chi connectivity index (χ0n) is 18.5. The number of nitrogens with zero attached hydrogens (tertiary/aromatic N) is 3. The molecule has 0 radical (unpaired) electrons. The van der Waals surface area contributed by atoms with Crippen LogP contribution in [0.5, 0.6) is 0 Å². The molecule has 2 aliphatic heterocycles. The Morgan fingerprint density at radius 3 is 2.82 bits per heavy atom. The maximum atomic E-state index is 13.1. The van der Waals surface area contributed by atoms with E-state index in [-0.39, 0.29) is 29.5 Å². The summed E-state index contributed by atoms with van der Waals surface area (Å²) in [4.78, 5) is 58.3. The molecule has 0 aliphatic carbocycles. The van der Waals surface area contributed by atoms with Gasteiger partial charge in [0.05, 0.1) is 16.4 Å². The van der Waals surface area contributed by atoms with Crippen LogP contribution in [-0.4, -0.2) is 39.3 Å². The number of nitro groups is 1. The third-order valence-corrected chi connectivity index (χ3v) is 6.30. The number of aryl methyl sites for hydroxylation is 1. The van der Waals surface area contributed by atoms with Gasteiger partial charge in [-0.3, -0.25) is 29.5 Å². The van der Waals surface area contributed by atoms with Gasteiger partial charge >= 0.3 is 0 Å². The number of carbonyl (C=O) groups is 2. The molecule has 0 unspecified atom stereocenters. The van der Waals surface area contributed by atoms with Crippen LogP contribution in [0.3, 0.4) is 0 Å². The Balaban J connectivity index is 1.64. The summed E-state index contributed by atoms with van der Waals surface area (Å²) < 4.78 is 0. The van der Waals surface area contributed by atoms with Crippen LogP contribution < -0.4 is 21.1 Å². The Labute approximate surface area is 189 Å². The van der Waals surface area contributed by atoms with Crippen LogP contribution in [0.2, 0.25) is 0 Å². The van der Waals surface area contributed by atoms with Crippen molar-refractivity contribution in [1.82, 2.24) is 9.97 Å². The maximum absolute atomic E-state index is 13.1. The fourth-order valence-corrected chi connectivity index (χ4v) is 4.54. The molecule has 11 nitrogen and oxygen atoms in total. The number of hydrogen-bond donors (Lipinski definition) is 3. The lowest BCUT2D eigenvalue weighted by molar-refractivity contribution is -0.384. The molecule has 0 saturated carbocycles. The van der Waals surface area contributed by atoms with Gasteiger partial charge in [0.1, 0.15) is 5.82 Å². The van der Waals surface area contributed by atoms with E-state index >= 15 is 0 Å². The summed E-state index contributed by atoms with van der Waals surface area (Å²) in [5.41, 5.74) is 0.426. The zero-order valence-corrected chi connectivity index (χ0v) is 18.5. The van der Waals surface area contributed by atoms with Crippen molar-refractivity contribution in [2.24, 2.45) is 0 Å². The van der Waals surface area contributed by atoms with E-state index in [1.165, 1.54) is 18.2 Å². The third-order valence-electron chi connectivity index (χ3n) is 6.30. The van der Waals surface area contributed by atoms with Crippen molar-refractivity contribution in [3.05, 3.63) is 49.8 Å². The highest BCUT2D eigenvalue weighted by Gasteiger charge is 2.36. The molecule has 1 saturated heterocycles. The molecule has 1 aromatic heterocycles. The molecule has 2 aromatic rings. The van der Waals surface area contributed by atoms with Gasteiger partial charge in [-0.15, -0.1) is 0 Å². The monoisotopic (exact) mass is 454 g/mol. The van der Waals surface area contributed by atoms with Gasteiger partial charge in [-0.1, -0.05) is 6.92 Å². The number of fused-ring (bicyclic) bond motifs is 1. The van der Waals surface area contributed by atoms with Crippen LogP contribution in [0.25, 0.3) is 0 Å². The lowest BCUT2D eigenvalue weighted by Gasteiger charge is -2.36. The van der Waals surface area contributed by atoms with Crippen molar-refractivity contribution in [3.63, 3.8) is 0 Å². The summed E-state index contributed by atoms with van der Waals surface area (Å²) in [7, 11) is 0. The number of benzene rings is 1. The highest BCUT2D eigenvalue weighted by molar-refractivity contribution is 6.04. The molecule has 3 heterocycles. The molecule has 1 aromatic carbocycles. The van der Waals surface area contributed by atoms with Crippen molar-refractivity contribution in [2.45, 2.75) is 57.9 Å². The number of nitro benzene ring substituents is 1. The molecule has 3 N–H and O–H groups in total. The number of rotatable bonds is 5. The molecule has 11 heteroatoms. The molecule has 2 atom stereocenters. The smallest absolute Gasteiger partial charge is 0.269 e. The Morgan fingerprint density at radius 1 is 1.33 bits per heavy atom. The largest absolute Gasteiger partial charge is 0.339 e. The minimum atomic E-state index is -1.03. The topological polar surface area (TPSA) is 150 Å². The SMILES string of the molecule is CC[C@@H]1CCCCN1c1nc2c(c(=O)[nH]1)[C@H](C(=O)Nc1ccc([N+](=O)[O-])cc1C)CC(=O)N2. The number of hydrogen-bond acceptors (Lipinski definition) is 7. The van der Waals surface area contributed by atoms with Crippen LogP contribution >= 0.6 is 0 Å². The summed E-state index contributed by atoms with van der Waals surface area (Å²) in [6, 6.07) is 4.32. The van der Waals surface area contributed by atoms with Gasteiger partial charge < -0.3 is 15.5 Å². The van der Waals surface area contributed by atoms with Crippen LogP contribution in [0.1, 0.15) is 56.1 Å². The van der Waals surface area contributed by atoms with E-state index in [4.69, 9.17) is 0 Å². The quantitative estimate of drug-likeness (QED) is 0.464. The van der Waals surface area contributed by atoms with Crippen molar-refractivity contribution in [3.8, 4) is 0 Å². The van der Waals surface area contributed by atoms with Crippen molar-refractivity contribution in [2.75, 3.05) is 22.1 Å². The third kappa shape index (κ3) is 4.43. The number of carbonyl (C=O) groups excluding carboxylic acids is 2. The fourth-order valence-electron chi connectivity index (χ4n) is 4.54. The van der Waals surface area contributed by atoms with E-state index in [0.29, 0.717) is 17.2 Å². The molecule has 1 fully saturated rings. The van der Waals surface area contributed by atoms with Crippen molar-refractivity contribution < 1.29 is 14.5 Å². The number of aromatic amines is 1. The summed E-state index contributed by atoms with van der Waals surface area (Å²) >= 11 is 0. The average molecular weight is 454 g/mol. The van der Waals surface area contributed by atoms with Gasteiger partial charge in [-0.05, 0) is 44.2 Å². The predicted octanol–water partition coefficient (Wildman–Crippen LogP) is 2.82. The second-order valence-corrected chi connectivity index (χ2v) is 8.45. The number of piperidine rings is 1. The highest BCUT2D eigenvalue weighted by atomic mass is 16.6.